The van der Waals surface area contributed by atoms with Gasteiger partial charge in [0.25, 0.3) is 0 Å². The van der Waals surface area contributed by atoms with E-state index in [1.165, 1.54) is 6.21 Å². The summed E-state index contributed by atoms with van der Waals surface area (Å²) in [4.78, 5) is 7.57. The molecule has 20 heavy (non-hydrogen) atoms. The van der Waals surface area contributed by atoms with E-state index in [1.54, 1.807) is 0 Å². The van der Waals surface area contributed by atoms with E-state index < -0.39 is 0 Å². The summed E-state index contributed by atoms with van der Waals surface area (Å²) in [6, 6.07) is 2.12. The molecule has 0 amide bonds. The average molecular weight is 273 g/mol. The highest BCUT2D eigenvalue weighted by molar-refractivity contribution is 6.12. The molecule has 106 valence electrons. The third kappa shape index (κ3) is 3.12. The van der Waals surface area contributed by atoms with Gasteiger partial charge in [-0.05, 0) is 30.9 Å². The molecule has 0 aromatic carbocycles. The van der Waals surface area contributed by atoms with Crippen LogP contribution in [0.3, 0.4) is 0 Å². The van der Waals surface area contributed by atoms with E-state index in [2.05, 4.69) is 16.0 Å². The first-order valence-electron chi connectivity index (χ1n) is 6.87. The van der Waals surface area contributed by atoms with Crippen molar-refractivity contribution in [3.05, 3.63) is 35.8 Å². The number of pyridine rings is 1. The number of hydrogen-bond donors (Lipinski definition) is 4. The van der Waals surface area contributed by atoms with Crippen molar-refractivity contribution < 1.29 is 10.4 Å². The van der Waals surface area contributed by atoms with E-state index in [9.17, 15) is 0 Å². The summed E-state index contributed by atoms with van der Waals surface area (Å²) in [7, 11) is 1.94. The van der Waals surface area contributed by atoms with Crippen molar-refractivity contribution in [1.29, 1.82) is 5.41 Å². The first-order chi connectivity index (χ1) is 9.80. The van der Waals surface area contributed by atoms with Crippen molar-refractivity contribution in [3.63, 3.8) is 0 Å². The lowest BCUT2D eigenvalue weighted by atomic mass is 10.0. The predicted molar refractivity (Wildman–Crippen MR) is 80.7 cm³/mol. The molecule has 2 aromatic heterocycles. The summed E-state index contributed by atoms with van der Waals surface area (Å²) in [5.74, 6) is 0. The Bertz CT molecular complexity index is 615. The smallest absolute Gasteiger partial charge is 0.137 e. The van der Waals surface area contributed by atoms with E-state index in [4.69, 9.17) is 10.5 Å². The molecule has 0 aliphatic rings. The topological polar surface area (TPSA) is 89.4 Å². The van der Waals surface area contributed by atoms with Crippen LogP contribution >= 0.6 is 0 Å². The number of quaternary nitrogens is 1. The number of aromatic amines is 1. The Labute approximate surface area is 118 Å². The number of aliphatic hydroxyl groups is 1. The lowest BCUT2D eigenvalue weighted by molar-refractivity contribution is -0.555. The third-order valence-electron chi connectivity index (χ3n) is 3.27. The molecular formula is C15H21N4O+. The van der Waals surface area contributed by atoms with Gasteiger partial charge in [0, 0.05) is 36.2 Å². The lowest BCUT2D eigenvalue weighted by Gasteiger charge is -2.02. The van der Waals surface area contributed by atoms with Crippen LogP contribution in [0.25, 0.3) is 16.6 Å². The zero-order valence-corrected chi connectivity index (χ0v) is 11.7. The number of H-pyrrole nitrogens is 1. The summed E-state index contributed by atoms with van der Waals surface area (Å²) < 4.78 is 0. The molecule has 0 bridgehead atoms. The molecule has 0 aliphatic heterocycles. The SMILES string of the molecule is C[NH2+]C=C(C=N)c1c[nH]c2ncc(CCCCO)cc12. The molecule has 0 aliphatic carbocycles. The number of unbranched alkanes of at least 4 members (excludes halogenated alkanes) is 1. The van der Waals surface area contributed by atoms with E-state index >= 15 is 0 Å². The lowest BCUT2D eigenvalue weighted by Crippen LogP contribution is -2.72. The minimum absolute atomic E-state index is 0.234. The Balaban J connectivity index is 2.34. The molecule has 0 saturated heterocycles. The van der Waals surface area contributed by atoms with Gasteiger partial charge >= 0.3 is 0 Å². The number of aryl methyl sites for hydroxylation is 1. The Morgan fingerprint density at radius 3 is 3.05 bits per heavy atom. The third-order valence-corrected chi connectivity index (χ3v) is 3.27. The molecule has 0 fully saturated rings. The maximum Gasteiger partial charge on any atom is 0.137 e. The number of allylic oxidation sites excluding steroid dienone is 1. The first kappa shape index (κ1) is 14.4. The minimum atomic E-state index is 0.234. The number of fused-ring (bicyclic) bond motifs is 1. The first-order valence-corrected chi connectivity index (χ1v) is 6.87. The van der Waals surface area contributed by atoms with E-state index in [0.29, 0.717) is 0 Å². The number of nitrogens with two attached hydrogens (primary N) is 1. The molecule has 2 rings (SSSR count). The second-order valence-corrected chi connectivity index (χ2v) is 4.72. The Kier molecular flexibility index (Phi) is 5.03. The van der Waals surface area contributed by atoms with Crippen molar-refractivity contribution in [2.75, 3.05) is 13.7 Å². The van der Waals surface area contributed by atoms with E-state index in [-0.39, 0.29) is 6.61 Å². The molecule has 0 saturated carbocycles. The van der Waals surface area contributed by atoms with E-state index in [1.807, 2.05) is 31.0 Å². The van der Waals surface area contributed by atoms with Gasteiger partial charge in [-0.2, -0.15) is 0 Å². The van der Waals surface area contributed by atoms with Crippen LogP contribution in [0.15, 0.2) is 24.7 Å². The van der Waals surface area contributed by atoms with Gasteiger partial charge in [-0.1, -0.05) is 0 Å². The normalized spacial score (nSPS) is 12.0. The van der Waals surface area contributed by atoms with Gasteiger partial charge in [0.15, 0.2) is 0 Å². The number of aliphatic hydroxyl groups excluding tert-OH is 1. The fourth-order valence-corrected chi connectivity index (χ4v) is 2.26. The highest BCUT2D eigenvalue weighted by Crippen LogP contribution is 2.23. The fourth-order valence-electron chi connectivity index (χ4n) is 2.26. The zero-order chi connectivity index (χ0) is 14.4. The molecule has 0 radical (unpaired) electrons. The number of rotatable bonds is 7. The van der Waals surface area contributed by atoms with Crippen LogP contribution in [0.1, 0.15) is 24.0 Å². The Morgan fingerprint density at radius 2 is 2.35 bits per heavy atom. The van der Waals surface area contributed by atoms with E-state index in [0.717, 1.165) is 47.0 Å². The fraction of sp³-hybridized carbons (Fsp3) is 0.333. The Hall–Kier alpha value is -1.98. The van der Waals surface area contributed by atoms with Crippen molar-refractivity contribution in [1.82, 2.24) is 9.97 Å². The monoisotopic (exact) mass is 273 g/mol. The van der Waals surface area contributed by atoms with Crippen LogP contribution in [0.5, 0.6) is 0 Å². The van der Waals surface area contributed by atoms with Gasteiger partial charge in [-0.15, -0.1) is 0 Å². The van der Waals surface area contributed by atoms with Crippen molar-refractivity contribution in [2.45, 2.75) is 19.3 Å². The summed E-state index contributed by atoms with van der Waals surface area (Å²) >= 11 is 0. The summed E-state index contributed by atoms with van der Waals surface area (Å²) in [5.41, 5.74) is 3.88. The van der Waals surface area contributed by atoms with Gasteiger partial charge in [0.1, 0.15) is 11.8 Å². The van der Waals surface area contributed by atoms with Crippen LogP contribution in [-0.4, -0.2) is 34.9 Å². The average Bonchev–Trinajstić information content (AvgIpc) is 2.88. The molecule has 0 unspecified atom stereocenters. The molecule has 5 N–H and O–H groups in total. The number of nitrogens with zero attached hydrogens (tertiary/aromatic N) is 1. The molecule has 2 heterocycles. The van der Waals surface area contributed by atoms with Crippen molar-refractivity contribution >= 4 is 22.8 Å². The van der Waals surface area contributed by atoms with Crippen LogP contribution in [0, 0.1) is 5.41 Å². The van der Waals surface area contributed by atoms with Gasteiger partial charge in [-0.3, -0.25) is 0 Å². The maximum atomic E-state index is 8.83. The minimum Gasteiger partial charge on any atom is -0.396 e. The quantitative estimate of drug-likeness (QED) is 0.449. The van der Waals surface area contributed by atoms with Gasteiger partial charge in [0.2, 0.25) is 0 Å². The molecule has 5 nitrogen and oxygen atoms in total. The predicted octanol–water partition coefficient (Wildman–Crippen LogP) is 1.06. The molecule has 2 aromatic rings. The van der Waals surface area contributed by atoms with Crippen LogP contribution in [-0.2, 0) is 6.42 Å². The molecular weight excluding hydrogens is 252 g/mol. The number of aromatic nitrogens is 2. The van der Waals surface area contributed by atoms with Gasteiger partial charge < -0.3 is 20.8 Å². The summed E-state index contributed by atoms with van der Waals surface area (Å²) in [5, 5.41) is 19.3. The second kappa shape index (κ2) is 6.98. The maximum absolute atomic E-state index is 8.83. The largest absolute Gasteiger partial charge is 0.396 e. The van der Waals surface area contributed by atoms with Crippen LogP contribution < -0.4 is 5.32 Å². The van der Waals surface area contributed by atoms with Gasteiger partial charge in [0.05, 0.1) is 12.6 Å². The van der Waals surface area contributed by atoms with Crippen molar-refractivity contribution in [3.8, 4) is 0 Å². The zero-order valence-electron chi connectivity index (χ0n) is 11.7. The van der Waals surface area contributed by atoms with Crippen LogP contribution in [0.4, 0.5) is 0 Å². The molecule has 0 atom stereocenters. The highest BCUT2D eigenvalue weighted by atomic mass is 16.2. The standard InChI is InChI=1S/C15H20N4O/c1-17-9-12(7-16)14-10-19-15-13(14)6-11(8-18-15)4-2-3-5-20/h6-10,16-17,20H,2-5H2,1H3,(H,18,19)/p+1. The number of hydrogen-bond acceptors (Lipinski definition) is 3. The summed E-state index contributed by atoms with van der Waals surface area (Å²) in [6.45, 7) is 0.234. The summed E-state index contributed by atoms with van der Waals surface area (Å²) in [6.07, 6.45) is 9.75. The highest BCUT2D eigenvalue weighted by Gasteiger charge is 2.09. The van der Waals surface area contributed by atoms with Gasteiger partial charge in [-0.25, -0.2) is 4.98 Å². The molecule has 5 heteroatoms. The number of nitrogens with one attached hydrogen (secondary N) is 2. The Morgan fingerprint density at radius 1 is 1.50 bits per heavy atom. The van der Waals surface area contributed by atoms with Crippen LogP contribution in [0.2, 0.25) is 0 Å². The second-order valence-electron chi connectivity index (χ2n) is 4.72. The van der Waals surface area contributed by atoms with Crippen molar-refractivity contribution in [2.24, 2.45) is 0 Å². The molecule has 0 spiro atoms.